The van der Waals surface area contributed by atoms with Crippen molar-refractivity contribution in [3.05, 3.63) is 18.2 Å². The third-order valence-corrected chi connectivity index (χ3v) is 1.84. The van der Waals surface area contributed by atoms with Crippen LogP contribution < -0.4 is 15.2 Å². The maximum absolute atomic E-state index is 10.3. The van der Waals surface area contributed by atoms with Gasteiger partial charge in [0.25, 0.3) is 0 Å². The summed E-state index contributed by atoms with van der Waals surface area (Å²) in [7, 11) is 1.49. The Morgan fingerprint density at radius 2 is 2.31 bits per heavy atom. The van der Waals surface area contributed by atoms with Crippen LogP contribution in [0.4, 0.5) is 11.4 Å². The van der Waals surface area contributed by atoms with Gasteiger partial charge in [-0.15, -0.1) is 0 Å². The lowest BCUT2D eigenvalue weighted by Crippen LogP contribution is -2.05. The molecule has 0 aliphatic carbocycles. The number of hydrogen-bond acceptors (Lipinski definition) is 4. The zero-order chi connectivity index (χ0) is 9.84. The molecule has 1 unspecified atom stereocenters. The van der Waals surface area contributed by atoms with Gasteiger partial charge in [-0.1, -0.05) is 0 Å². The van der Waals surface area contributed by atoms with Crippen LogP contribution in [0.2, 0.25) is 0 Å². The van der Waals surface area contributed by atoms with Gasteiger partial charge in [0.05, 0.1) is 18.5 Å². The van der Waals surface area contributed by atoms with Crippen molar-refractivity contribution >= 4 is 22.6 Å². The average Bonchev–Trinajstić information content (AvgIpc) is 2.08. The highest BCUT2D eigenvalue weighted by Crippen LogP contribution is 2.24. The zero-order valence-electron chi connectivity index (χ0n) is 6.94. The first-order valence-electron chi connectivity index (χ1n) is 3.43. The van der Waals surface area contributed by atoms with Gasteiger partial charge in [-0.3, -0.25) is 4.21 Å². The molecule has 0 aliphatic rings. The quantitative estimate of drug-likeness (QED) is 0.550. The van der Waals surface area contributed by atoms with Gasteiger partial charge < -0.3 is 19.7 Å². The third-order valence-electron chi connectivity index (χ3n) is 1.45. The molecule has 1 rings (SSSR count). The largest absolute Gasteiger partial charge is 0.755 e. The van der Waals surface area contributed by atoms with E-state index in [0.29, 0.717) is 17.1 Å². The highest BCUT2D eigenvalue weighted by atomic mass is 32.2. The second kappa shape index (κ2) is 4.11. The number of nitrogen functional groups attached to an aromatic ring is 1. The minimum Gasteiger partial charge on any atom is -0.755 e. The normalized spacial score (nSPS) is 12.2. The lowest BCUT2D eigenvalue weighted by atomic mass is 10.2. The molecule has 0 spiro atoms. The van der Waals surface area contributed by atoms with Gasteiger partial charge in [0.1, 0.15) is 5.75 Å². The number of anilines is 2. The molecule has 1 atom stereocenters. The smallest absolute Gasteiger partial charge is 0.121 e. The van der Waals surface area contributed by atoms with E-state index < -0.39 is 11.3 Å². The average molecular weight is 201 g/mol. The molecule has 0 aromatic heterocycles. The summed E-state index contributed by atoms with van der Waals surface area (Å²) in [4.78, 5) is 0. The first-order valence-corrected chi connectivity index (χ1v) is 4.50. The van der Waals surface area contributed by atoms with Crippen molar-refractivity contribution < 1.29 is 13.5 Å². The number of nitrogens with two attached hydrogens (primary N) is 1. The van der Waals surface area contributed by atoms with Crippen molar-refractivity contribution in [2.75, 3.05) is 17.6 Å². The number of benzene rings is 1. The van der Waals surface area contributed by atoms with E-state index in [4.69, 9.17) is 10.5 Å². The van der Waals surface area contributed by atoms with Crippen LogP contribution in [0.15, 0.2) is 18.2 Å². The van der Waals surface area contributed by atoms with E-state index in [2.05, 4.69) is 4.72 Å². The molecule has 0 amide bonds. The van der Waals surface area contributed by atoms with Crippen molar-refractivity contribution in [3.63, 3.8) is 0 Å². The van der Waals surface area contributed by atoms with Crippen molar-refractivity contribution in [1.82, 2.24) is 0 Å². The molecule has 0 radical (unpaired) electrons. The molecule has 72 valence electrons. The molecule has 0 aliphatic heterocycles. The van der Waals surface area contributed by atoms with E-state index in [9.17, 15) is 8.76 Å². The third kappa shape index (κ3) is 2.60. The highest BCUT2D eigenvalue weighted by molar-refractivity contribution is 7.80. The minimum atomic E-state index is -2.37. The summed E-state index contributed by atoms with van der Waals surface area (Å²) >= 11 is -2.37. The summed E-state index contributed by atoms with van der Waals surface area (Å²) in [6.07, 6.45) is 0. The molecule has 1 aromatic rings. The molecule has 0 heterocycles. The van der Waals surface area contributed by atoms with Crippen LogP contribution in [-0.2, 0) is 11.3 Å². The van der Waals surface area contributed by atoms with Crippen LogP contribution >= 0.6 is 0 Å². The van der Waals surface area contributed by atoms with E-state index >= 15 is 0 Å². The van der Waals surface area contributed by atoms with E-state index in [-0.39, 0.29) is 0 Å². The van der Waals surface area contributed by atoms with E-state index in [1.54, 1.807) is 12.1 Å². The van der Waals surface area contributed by atoms with Gasteiger partial charge in [0, 0.05) is 17.3 Å². The summed E-state index contributed by atoms with van der Waals surface area (Å²) in [5.74, 6) is 0.544. The Balaban J connectivity index is 2.96. The monoisotopic (exact) mass is 201 g/mol. The van der Waals surface area contributed by atoms with Crippen LogP contribution in [0, 0.1) is 0 Å². The van der Waals surface area contributed by atoms with Gasteiger partial charge in [-0.25, -0.2) is 0 Å². The van der Waals surface area contributed by atoms with Gasteiger partial charge >= 0.3 is 0 Å². The van der Waals surface area contributed by atoms with Crippen LogP contribution in [-0.4, -0.2) is 15.9 Å². The van der Waals surface area contributed by atoms with Crippen molar-refractivity contribution in [1.29, 1.82) is 0 Å². The summed E-state index contributed by atoms with van der Waals surface area (Å²) in [6.45, 7) is 0. The molecule has 0 fully saturated rings. The van der Waals surface area contributed by atoms with Gasteiger partial charge in [-0.2, -0.15) is 0 Å². The number of rotatable bonds is 3. The predicted molar refractivity (Wildman–Crippen MR) is 49.9 cm³/mol. The SMILES string of the molecule is COc1ccc(N)c(NS(=O)[O-])c1. The number of ether oxygens (including phenoxy) is 1. The second-order valence-electron chi connectivity index (χ2n) is 2.29. The number of methoxy groups -OCH3 is 1. The first kappa shape index (κ1) is 9.82. The summed E-state index contributed by atoms with van der Waals surface area (Å²) in [5.41, 5.74) is 6.17. The summed E-state index contributed by atoms with van der Waals surface area (Å²) in [5, 5.41) is 0. The summed E-state index contributed by atoms with van der Waals surface area (Å²) < 4.78 is 27.7. The number of nitrogens with one attached hydrogen (secondary N) is 1. The van der Waals surface area contributed by atoms with E-state index in [1.165, 1.54) is 13.2 Å². The van der Waals surface area contributed by atoms with E-state index in [0.717, 1.165) is 0 Å². The topological polar surface area (TPSA) is 87.4 Å². The van der Waals surface area contributed by atoms with Crippen LogP contribution in [0.25, 0.3) is 0 Å². The molecule has 5 nitrogen and oxygen atoms in total. The van der Waals surface area contributed by atoms with Crippen LogP contribution in [0.3, 0.4) is 0 Å². The molecular weight excluding hydrogens is 192 g/mol. The molecule has 0 saturated heterocycles. The molecule has 3 N–H and O–H groups in total. The Morgan fingerprint density at radius 1 is 1.62 bits per heavy atom. The lowest BCUT2D eigenvalue weighted by molar-refractivity contribution is 0.415. The Bertz CT molecular complexity index is 330. The van der Waals surface area contributed by atoms with Gasteiger partial charge in [0.15, 0.2) is 0 Å². The van der Waals surface area contributed by atoms with Crippen LogP contribution in [0.5, 0.6) is 5.75 Å². The van der Waals surface area contributed by atoms with Crippen molar-refractivity contribution in [3.8, 4) is 5.75 Å². The van der Waals surface area contributed by atoms with Crippen molar-refractivity contribution in [2.24, 2.45) is 0 Å². The second-order valence-corrected chi connectivity index (χ2v) is 2.96. The molecule has 0 saturated carbocycles. The Morgan fingerprint density at radius 3 is 2.85 bits per heavy atom. The van der Waals surface area contributed by atoms with E-state index in [1.807, 2.05) is 0 Å². The zero-order valence-corrected chi connectivity index (χ0v) is 7.76. The molecule has 13 heavy (non-hydrogen) atoms. The maximum atomic E-state index is 10.3. The fourth-order valence-electron chi connectivity index (χ4n) is 0.841. The fourth-order valence-corrected chi connectivity index (χ4v) is 1.20. The lowest BCUT2D eigenvalue weighted by Gasteiger charge is -2.11. The molecule has 1 aromatic carbocycles. The minimum absolute atomic E-state index is 0.313. The summed E-state index contributed by atoms with van der Waals surface area (Å²) in [6, 6.07) is 4.72. The fraction of sp³-hybridized carbons (Fsp3) is 0.143. The van der Waals surface area contributed by atoms with Crippen molar-refractivity contribution in [2.45, 2.75) is 0 Å². The van der Waals surface area contributed by atoms with Crippen LogP contribution in [0.1, 0.15) is 0 Å². The highest BCUT2D eigenvalue weighted by Gasteiger charge is 1.99. The Hall–Kier alpha value is -1.27. The molecular formula is C7H9N2O3S-. The Kier molecular flexibility index (Phi) is 3.10. The van der Waals surface area contributed by atoms with Gasteiger partial charge in [-0.05, 0) is 12.1 Å². The Labute approximate surface area is 78.3 Å². The molecule has 0 bridgehead atoms. The molecule has 6 heteroatoms. The first-order chi connectivity index (χ1) is 6.13. The standard InChI is InChI=1S/C7H10N2O3S/c1-12-5-2-3-6(8)7(4-5)9-13(10)11/h2-4,9H,8H2,1H3,(H,10,11)/p-1. The predicted octanol–water partition coefficient (Wildman–Crippen LogP) is 0.483. The van der Waals surface area contributed by atoms with Gasteiger partial charge in [0.2, 0.25) is 0 Å². The number of hydrogen-bond donors (Lipinski definition) is 2. The maximum Gasteiger partial charge on any atom is 0.121 e.